The fourth-order valence-corrected chi connectivity index (χ4v) is 2.65. The van der Waals surface area contributed by atoms with Crippen molar-refractivity contribution in [1.29, 1.82) is 0 Å². The minimum atomic E-state index is 0.529. The lowest BCUT2D eigenvalue weighted by atomic mass is 9.90. The van der Waals surface area contributed by atoms with E-state index in [1.54, 1.807) is 12.3 Å². The van der Waals surface area contributed by atoms with E-state index in [-0.39, 0.29) is 0 Å². The summed E-state index contributed by atoms with van der Waals surface area (Å²) >= 11 is 0. The Morgan fingerprint density at radius 2 is 2.11 bits per heavy atom. The van der Waals surface area contributed by atoms with Crippen LogP contribution in [0, 0.1) is 0 Å². The third-order valence-electron chi connectivity index (χ3n) is 3.88. The molecule has 1 N–H and O–H groups in total. The maximum absolute atomic E-state index is 5.43. The molecule has 5 nitrogen and oxygen atoms in total. The van der Waals surface area contributed by atoms with Crippen LogP contribution >= 0.6 is 0 Å². The van der Waals surface area contributed by atoms with Gasteiger partial charge in [0.15, 0.2) is 0 Å². The third-order valence-corrected chi connectivity index (χ3v) is 3.88. The number of nitrogens with one attached hydrogen (secondary N) is 1. The van der Waals surface area contributed by atoms with Gasteiger partial charge in [-0.3, -0.25) is 0 Å². The monoisotopic (exact) mass is 264 g/mol. The highest BCUT2D eigenvalue weighted by Crippen LogP contribution is 2.25. The maximum atomic E-state index is 5.43. The summed E-state index contributed by atoms with van der Waals surface area (Å²) in [6.07, 6.45) is 6.57. The Morgan fingerprint density at radius 1 is 1.37 bits per heavy atom. The molecule has 0 bridgehead atoms. The van der Waals surface area contributed by atoms with E-state index in [4.69, 9.17) is 4.74 Å². The van der Waals surface area contributed by atoms with Crippen molar-refractivity contribution < 1.29 is 4.74 Å². The normalized spacial score (nSPS) is 23.1. The number of rotatable bonds is 5. The van der Waals surface area contributed by atoms with Gasteiger partial charge in [-0.15, -0.1) is 0 Å². The lowest BCUT2D eigenvalue weighted by Gasteiger charge is -2.34. The zero-order valence-corrected chi connectivity index (χ0v) is 12.1. The van der Waals surface area contributed by atoms with E-state index in [0.717, 1.165) is 5.95 Å². The quantitative estimate of drug-likeness (QED) is 0.879. The molecule has 1 fully saturated rings. The van der Waals surface area contributed by atoms with E-state index < -0.39 is 0 Å². The van der Waals surface area contributed by atoms with Crippen molar-refractivity contribution in [2.45, 2.75) is 44.7 Å². The van der Waals surface area contributed by atoms with E-state index in [0.29, 0.717) is 24.6 Å². The number of aromatic nitrogens is 2. The molecule has 0 atom stereocenters. The zero-order valence-electron chi connectivity index (χ0n) is 12.1. The van der Waals surface area contributed by atoms with Crippen LogP contribution in [0.1, 0.15) is 32.6 Å². The lowest BCUT2D eigenvalue weighted by Crippen LogP contribution is -2.40. The van der Waals surface area contributed by atoms with Crippen LogP contribution in [0.15, 0.2) is 12.3 Å². The van der Waals surface area contributed by atoms with E-state index in [1.165, 1.54) is 25.7 Å². The van der Waals surface area contributed by atoms with Crippen LogP contribution in [0.3, 0.4) is 0 Å². The van der Waals surface area contributed by atoms with Crippen LogP contribution in [0.4, 0.5) is 5.95 Å². The van der Waals surface area contributed by atoms with Crippen molar-refractivity contribution in [3.63, 3.8) is 0 Å². The molecule has 1 heterocycles. The first kappa shape index (κ1) is 14.1. The Kier molecular flexibility index (Phi) is 4.96. The first-order chi connectivity index (χ1) is 9.24. The number of ether oxygens (including phenoxy) is 1. The van der Waals surface area contributed by atoms with Crippen molar-refractivity contribution in [3.8, 4) is 5.88 Å². The minimum Gasteiger partial charge on any atom is -0.478 e. The fraction of sp³-hybridized carbons (Fsp3) is 0.714. The fourth-order valence-electron chi connectivity index (χ4n) is 2.65. The number of hydrogen-bond donors (Lipinski definition) is 1. The summed E-state index contributed by atoms with van der Waals surface area (Å²) in [5, 5.41) is 3.36. The van der Waals surface area contributed by atoms with Crippen molar-refractivity contribution in [3.05, 3.63) is 12.3 Å². The Bertz CT molecular complexity index is 391. The molecule has 2 rings (SSSR count). The predicted molar refractivity (Wildman–Crippen MR) is 76.7 cm³/mol. The molecule has 19 heavy (non-hydrogen) atoms. The summed E-state index contributed by atoms with van der Waals surface area (Å²) in [5.41, 5.74) is 0. The second-order valence-electron chi connectivity index (χ2n) is 5.03. The van der Waals surface area contributed by atoms with Gasteiger partial charge in [-0.05, 0) is 39.7 Å². The van der Waals surface area contributed by atoms with Crippen molar-refractivity contribution >= 4 is 5.95 Å². The maximum Gasteiger partial charge on any atom is 0.228 e. The molecule has 5 heteroatoms. The van der Waals surface area contributed by atoms with Crippen LogP contribution in [0.5, 0.6) is 5.88 Å². The van der Waals surface area contributed by atoms with Crippen LogP contribution in [0.25, 0.3) is 0 Å². The summed E-state index contributed by atoms with van der Waals surface area (Å²) < 4.78 is 5.43. The van der Waals surface area contributed by atoms with Gasteiger partial charge in [0.2, 0.25) is 11.8 Å². The first-order valence-electron chi connectivity index (χ1n) is 7.10. The number of anilines is 1. The van der Waals surface area contributed by atoms with Gasteiger partial charge in [-0.25, -0.2) is 4.98 Å². The largest absolute Gasteiger partial charge is 0.478 e. The molecule has 1 saturated carbocycles. The molecule has 0 amide bonds. The van der Waals surface area contributed by atoms with Crippen molar-refractivity contribution in [2.75, 3.05) is 25.6 Å². The summed E-state index contributed by atoms with van der Waals surface area (Å²) in [6.45, 7) is 2.60. The molecule has 106 valence electrons. The molecule has 1 aliphatic carbocycles. The zero-order chi connectivity index (χ0) is 13.7. The molecular weight excluding hydrogens is 240 g/mol. The average molecular weight is 264 g/mol. The van der Waals surface area contributed by atoms with E-state index in [9.17, 15) is 0 Å². The average Bonchev–Trinajstić information content (AvgIpc) is 2.47. The summed E-state index contributed by atoms with van der Waals surface area (Å²) in [5.74, 6) is 1.42. The van der Waals surface area contributed by atoms with Crippen molar-refractivity contribution in [1.82, 2.24) is 15.3 Å². The molecule has 0 radical (unpaired) electrons. The van der Waals surface area contributed by atoms with Crippen LogP contribution in [0.2, 0.25) is 0 Å². The second kappa shape index (κ2) is 6.70. The van der Waals surface area contributed by atoms with Gasteiger partial charge in [-0.1, -0.05) is 0 Å². The van der Waals surface area contributed by atoms with Gasteiger partial charge in [0.1, 0.15) is 0 Å². The first-order valence-corrected chi connectivity index (χ1v) is 7.10. The standard InChI is InChI=1S/C14H24N4O/c1-4-19-13-9-10-16-14(17-13)18(3)12-7-5-11(15-2)6-8-12/h9-12,15H,4-8H2,1-3H3. The summed E-state index contributed by atoms with van der Waals surface area (Å²) in [6, 6.07) is 3.00. The minimum absolute atomic E-state index is 0.529. The summed E-state index contributed by atoms with van der Waals surface area (Å²) in [4.78, 5) is 11.0. The Labute approximate surface area is 115 Å². The number of nitrogens with zero attached hydrogens (tertiary/aromatic N) is 3. The smallest absolute Gasteiger partial charge is 0.228 e. The predicted octanol–water partition coefficient (Wildman–Crippen LogP) is 1.84. The Balaban J connectivity index is 1.99. The lowest BCUT2D eigenvalue weighted by molar-refractivity contribution is 0.324. The van der Waals surface area contributed by atoms with Gasteiger partial charge in [0.25, 0.3) is 0 Å². The van der Waals surface area contributed by atoms with Gasteiger partial charge in [-0.2, -0.15) is 4.98 Å². The SMILES string of the molecule is CCOc1ccnc(N(C)C2CCC(NC)CC2)n1. The Morgan fingerprint density at radius 3 is 2.74 bits per heavy atom. The van der Waals surface area contributed by atoms with Crippen LogP contribution in [-0.4, -0.2) is 42.8 Å². The highest BCUT2D eigenvalue weighted by Gasteiger charge is 2.24. The van der Waals surface area contributed by atoms with Crippen LogP contribution in [-0.2, 0) is 0 Å². The molecule has 1 aromatic rings. The van der Waals surface area contributed by atoms with Gasteiger partial charge in [0, 0.05) is 31.4 Å². The van der Waals surface area contributed by atoms with E-state index in [2.05, 4.69) is 27.2 Å². The molecular formula is C14H24N4O. The van der Waals surface area contributed by atoms with Crippen LogP contribution < -0.4 is 15.0 Å². The van der Waals surface area contributed by atoms with E-state index in [1.807, 2.05) is 14.0 Å². The molecule has 0 spiro atoms. The van der Waals surface area contributed by atoms with Gasteiger partial charge < -0.3 is 15.0 Å². The Hall–Kier alpha value is -1.36. The summed E-state index contributed by atoms with van der Waals surface area (Å²) in [7, 11) is 4.12. The molecule has 0 saturated heterocycles. The van der Waals surface area contributed by atoms with E-state index >= 15 is 0 Å². The molecule has 1 aliphatic rings. The number of hydrogen-bond acceptors (Lipinski definition) is 5. The van der Waals surface area contributed by atoms with Crippen molar-refractivity contribution in [2.24, 2.45) is 0 Å². The third kappa shape index (κ3) is 3.56. The molecule has 1 aromatic heterocycles. The molecule has 0 aromatic carbocycles. The topological polar surface area (TPSA) is 50.3 Å². The van der Waals surface area contributed by atoms with Gasteiger partial charge in [0.05, 0.1) is 6.61 Å². The molecule has 0 aliphatic heterocycles. The molecule has 0 unspecified atom stereocenters. The highest BCUT2D eigenvalue weighted by atomic mass is 16.5. The second-order valence-corrected chi connectivity index (χ2v) is 5.03. The van der Waals surface area contributed by atoms with Gasteiger partial charge >= 0.3 is 0 Å². The highest BCUT2D eigenvalue weighted by molar-refractivity contribution is 5.32.